The first-order valence-corrected chi connectivity index (χ1v) is 7.03. The van der Waals surface area contributed by atoms with E-state index in [1.54, 1.807) is 17.5 Å². The predicted molar refractivity (Wildman–Crippen MR) is 76.4 cm³/mol. The zero-order valence-corrected chi connectivity index (χ0v) is 12.3. The molecule has 1 aromatic heterocycles. The van der Waals surface area contributed by atoms with Gasteiger partial charge in [-0.2, -0.15) is 0 Å². The van der Waals surface area contributed by atoms with Crippen molar-refractivity contribution in [3.8, 4) is 5.75 Å². The Morgan fingerprint density at radius 1 is 1.45 bits per heavy atom. The van der Waals surface area contributed by atoms with Gasteiger partial charge in [-0.3, -0.25) is 10.1 Å². The van der Waals surface area contributed by atoms with Crippen molar-refractivity contribution in [1.82, 2.24) is 0 Å². The second-order valence-electron chi connectivity index (χ2n) is 3.72. The number of carboxylic acids is 1. The molecule has 0 fully saturated rings. The number of rotatable bonds is 5. The number of carboxylic acid groups (broad SMARTS) is 1. The molecule has 0 aliphatic rings. The van der Waals surface area contributed by atoms with Gasteiger partial charge >= 0.3 is 5.97 Å². The fourth-order valence-corrected chi connectivity index (χ4v) is 2.82. The summed E-state index contributed by atoms with van der Waals surface area (Å²) < 4.78 is 5.69. The summed E-state index contributed by atoms with van der Waals surface area (Å²) >= 11 is 4.22. The van der Waals surface area contributed by atoms with Crippen LogP contribution in [0.3, 0.4) is 0 Å². The molecule has 0 bridgehead atoms. The molecule has 0 atom stereocenters. The minimum atomic E-state index is -1.02. The number of thiophene rings is 1. The molecule has 1 aromatic carbocycles. The number of nitro groups is 1. The molecular weight excluding hydrogens is 350 g/mol. The standard InChI is InChI=1S/C12H8BrNO5S/c13-10-8(14(17)18)2-1-3-9(10)19-6-7-4-5-20-11(7)12(15)16/h1-5H,6H2,(H,15,16). The van der Waals surface area contributed by atoms with Crippen molar-refractivity contribution in [3.05, 3.63) is 54.7 Å². The fraction of sp³-hybridized carbons (Fsp3) is 0.0833. The van der Waals surface area contributed by atoms with Gasteiger partial charge < -0.3 is 9.84 Å². The summed E-state index contributed by atoms with van der Waals surface area (Å²) in [5.74, 6) is -0.724. The molecule has 1 N–H and O–H groups in total. The Morgan fingerprint density at radius 3 is 2.85 bits per heavy atom. The van der Waals surface area contributed by atoms with Crippen molar-refractivity contribution >= 4 is 38.9 Å². The molecule has 2 aromatic rings. The molecule has 104 valence electrons. The second kappa shape index (κ2) is 6.02. The lowest BCUT2D eigenvalue weighted by atomic mass is 10.2. The normalized spacial score (nSPS) is 10.2. The van der Waals surface area contributed by atoms with E-state index in [2.05, 4.69) is 15.9 Å². The van der Waals surface area contributed by atoms with E-state index in [1.807, 2.05) is 0 Å². The number of benzene rings is 1. The van der Waals surface area contributed by atoms with Crippen molar-refractivity contribution in [2.24, 2.45) is 0 Å². The van der Waals surface area contributed by atoms with Crippen molar-refractivity contribution in [2.45, 2.75) is 6.61 Å². The number of hydrogen-bond acceptors (Lipinski definition) is 5. The van der Waals surface area contributed by atoms with E-state index < -0.39 is 10.9 Å². The van der Waals surface area contributed by atoms with Crippen LogP contribution in [0, 0.1) is 10.1 Å². The highest BCUT2D eigenvalue weighted by atomic mass is 79.9. The number of ether oxygens (including phenoxy) is 1. The summed E-state index contributed by atoms with van der Waals surface area (Å²) in [6.45, 7) is 0.0326. The summed E-state index contributed by atoms with van der Waals surface area (Å²) in [5.41, 5.74) is 0.423. The van der Waals surface area contributed by atoms with E-state index in [0.717, 1.165) is 11.3 Å². The molecule has 0 amide bonds. The molecule has 20 heavy (non-hydrogen) atoms. The molecule has 2 rings (SSSR count). The SMILES string of the molecule is O=C(O)c1sccc1COc1cccc([N+](=O)[O-])c1Br. The first kappa shape index (κ1) is 14.5. The minimum Gasteiger partial charge on any atom is -0.487 e. The van der Waals surface area contributed by atoms with Crippen LogP contribution in [0.5, 0.6) is 5.75 Å². The van der Waals surface area contributed by atoms with E-state index in [0.29, 0.717) is 11.3 Å². The lowest BCUT2D eigenvalue weighted by Crippen LogP contribution is -2.02. The molecule has 8 heteroatoms. The van der Waals surface area contributed by atoms with E-state index in [9.17, 15) is 14.9 Å². The van der Waals surface area contributed by atoms with Crippen LogP contribution < -0.4 is 4.74 Å². The Balaban J connectivity index is 2.19. The molecule has 0 aliphatic carbocycles. The molecule has 1 heterocycles. The van der Waals surface area contributed by atoms with Crippen LogP contribution in [-0.2, 0) is 6.61 Å². The van der Waals surface area contributed by atoms with Gasteiger partial charge in [0.2, 0.25) is 0 Å². The minimum absolute atomic E-state index is 0.0326. The largest absolute Gasteiger partial charge is 0.487 e. The summed E-state index contributed by atoms with van der Waals surface area (Å²) in [7, 11) is 0. The average molecular weight is 358 g/mol. The van der Waals surface area contributed by atoms with Gasteiger partial charge in [-0.05, 0) is 33.4 Å². The number of halogens is 1. The number of hydrogen-bond donors (Lipinski definition) is 1. The molecule has 0 aliphatic heterocycles. The monoisotopic (exact) mass is 357 g/mol. The third-order valence-electron chi connectivity index (χ3n) is 2.46. The first-order chi connectivity index (χ1) is 9.50. The summed E-state index contributed by atoms with van der Waals surface area (Å²) in [6, 6.07) is 6.08. The summed E-state index contributed by atoms with van der Waals surface area (Å²) in [5, 5.41) is 21.4. The third-order valence-corrected chi connectivity index (χ3v) is 4.21. The highest BCUT2D eigenvalue weighted by Crippen LogP contribution is 2.34. The Kier molecular flexibility index (Phi) is 4.35. The maximum atomic E-state index is 11.0. The number of nitro benzene ring substituents is 1. The van der Waals surface area contributed by atoms with E-state index >= 15 is 0 Å². The van der Waals surface area contributed by atoms with Gasteiger partial charge in [0.05, 0.1) is 4.92 Å². The van der Waals surface area contributed by atoms with Crippen molar-refractivity contribution in [3.63, 3.8) is 0 Å². The van der Waals surface area contributed by atoms with Crippen LogP contribution in [0.15, 0.2) is 34.1 Å². The number of nitrogens with zero attached hydrogens (tertiary/aromatic N) is 1. The van der Waals surface area contributed by atoms with Crippen LogP contribution in [-0.4, -0.2) is 16.0 Å². The molecule has 0 radical (unpaired) electrons. The topological polar surface area (TPSA) is 89.7 Å². The molecule has 0 unspecified atom stereocenters. The third kappa shape index (κ3) is 2.97. The summed E-state index contributed by atoms with van der Waals surface area (Å²) in [4.78, 5) is 21.4. The van der Waals surface area contributed by atoms with Gasteiger partial charge in [-0.25, -0.2) is 4.79 Å². The second-order valence-corrected chi connectivity index (χ2v) is 5.42. The van der Waals surface area contributed by atoms with Crippen LogP contribution in [0.2, 0.25) is 0 Å². The zero-order valence-electron chi connectivity index (χ0n) is 9.91. The van der Waals surface area contributed by atoms with Gasteiger partial charge in [0.15, 0.2) is 0 Å². The fourth-order valence-electron chi connectivity index (χ4n) is 1.54. The Labute approximate surface area is 125 Å². The zero-order chi connectivity index (χ0) is 14.7. The number of aromatic carboxylic acids is 1. The quantitative estimate of drug-likeness (QED) is 0.650. The highest BCUT2D eigenvalue weighted by molar-refractivity contribution is 9.10. The van der Waals surface area contributed by atoms with Crippen molar-refractivity contribution in [1.29, 1.82) is 0 Å². The Hall–Kier alpha value is -1.93. The Morgan fingerprint density at radius 2 is 2.20 bits per heavy atom. The smallest absolute Gasteiger partial charge is 0.346 e. The predicted octanol–water partition coefficient (Wildman–Crippen LogP) is 3.70. The van der Waals surface area contributed by atoms with Gasteiger partial charge in [0.25, 0.3) is 5.69 Å². The average Bonchev–Trinajstić information content (AvgIpc) is 2.85. The van der Waals surface area contributed by atoms with E-state index in [4.69, 9.17) is 9.84 Å². The van der Waals surface area contributed by atoms with Crippen LogP contribution in [0.4, 0.5) is 5.69 Å². The van der Waals surface area contributed by atoms with Crippen LogP contribution in [0.1, 0.15) is 15.2 Å². The molecule has 0 spiro atoms. The van der Waals surface area contributed by atoms with Crippen LogP contribution >= 0.6 is 27.3 Å². The molecule has 6 nitrogen and oxygen atoms in total. The van der Waals surface area contributed by atoms with E-state index in [1.165, 1.54) is 12.1 Å². The van der Waals surface area contributed by atoms with Gasteiger partial charge in [-0.15, -0.1) is 11.3 Å². The van der Waals surface area contributed by atoms with Gasteiger partial charge in [0, 0.05) is 11.6 Å². The molecule has 0 saturated carbocycles. The first-order valence-electron chi connectivity index (χ1n) is 5.36. The maximum absolute atomic E-state index is 11.0. The Bertz CT molecular complexity index is 670. The van der Waals surface area contributed by atoms with Crippen molar-refractivity contribution < 1.29 is 19.6 Å². The highest BCUT2D eigenvalue weighted by Gasteiger charge is 2.17. The molecule has 0 saturated heterocycles. The summed E-state index contributed by atoms with van der Waals surface area (Å²) in [6.07, 6.45) is 0. The van der Waals surface area contributed by atoms with Crippen LogP contribution in [0.25, 0.3) is 0 Å². The van der Waals surface area contributed by atoms with Crippen molar-refractivity contribution in [2.75, 3.05) is 0 Å². The molecular formula is C12H8BrNO5S. The van der Waals surface area contributed by atoms with E-state index in [-0.39, 0.29) is 21.6 Å². The lowest BCUT2D eigenvalue weighted by Gasteiger charge is -2.08. The van der Waals surface area contributed by atoms with Gasteiger partial charge in [0.1, 0.15) is 21.7 Å². The maximum Gasteiger partial charge on any atom is 0.346 e. The number of carbonyl (C=O) groups is 1. The lowest BCUT2D eigenvalue weighted by molar-refractivity contribution is -0.385. The van der Waals surface area contributed by atoms with Gasteiger partial charge in [-0.1, -0.05) is 6.07 Å².